The summed E-state index contributed by atoms with van der Waals surface area (Å²) in [6, 6.07) is 15.3. The quantitative estimate of drug-likeness (QED) is 0.668. The molecule has 0 aliphatic rings. The van der Waals surface area contributed by atoms with Crippen LogP contribution in [0.2, 0.25) is 0 Å². The van der Waals surface area contributed by atoms with E-state index in [0.29, 0.717) is 5.56 Å². The Morgan fingerprint density at radius 1 is 0.957 bits per heavy atom. The third-order valence-corrected chi connectivity index (χ3v) is 4.30. The normalized spacial score (nSPS) is 11.6. The SMILES string of the molecule is CCC(C)(C)c1ccc(C(=O)c2ccc(OC(C)C)cc2)cc1. The van der Waals surface area contributed by atoms with Crippen LogP contribution in [0.5, 0.6) is 5.75 Å². The van der Waals surface area contributed by atoms with Gasteiger partial charge < -0.3 is 4.74 Å². The van der Waals surface area contributed by atoms with Crippen LogP contribution in [0.1, 0.15) is 62.5 Å². The predicted molar refractivity (Wildman–Crippen MR) is 95.4 cm³/mol. The van der Waals surface area contributed by atoms with Crippen molar-refractivity contribution in [2.75, 3.05) is 0 Å². The van der Waals surface area contributed by atoms with Gasteiger partial charge in [0.1, 0.15) is 5.75 Å². The summed E-state index contributed by atoms with van der Waals surface area (Å²) in [6.45, 7) is 10.6. The zero-order valence-corrected chi connectivity index (χ0v) is 14.7. The Morgan fingerprint density at radius 2 is 1.43 bits per heavy atom. The minimum atomic E-state index is 0.0435. The second-order valence-corrected chi connectivity index (χ2v) is 6.83. The highest BCUT2D eigenvalue weighted by atomic mass is 16.5. The van der Waals surface area contributed by atoms with Gasteiger partial charge in [-0.15, -0.1) is 0 Å². The zero-order chi connectivity index (χ0) is 17.0. The molecule has 23 heavy (non-hydrogen) atoms. The lowest BCUT2D eigenvalue weighted by Crippen LogP contribution is -2.15. The smallest absolute Gasteiger partial charge is 0.193 e. The van der Waals surface area contributed by atoms with Crippen molar-refractivity contribution in [3.8, 4) is 5.75 Å². The highest BCUT2D eigenvalue weighted by molar-refractivity contribution is 6.09. The summed E-state index contributed by atoms with van der Waals surface area (Å²) in [5.74, 6) is 0.832. The molecular formula is C21H26O2. The van der Waals surface area contributed by atoms with Crippen LogP contribution in [0.15, 0.2) is 48.5 Å². The molecule has 122 valence electrons. The molecule has 0 bridgehead atoms. The van der Waals surface area contributed by atoms with Gasteiger partial charge in [0.15, 0.2) is 5.78 Å². The molecular weight excluding hydrogens is 284 g/mol. The fourth-order valence-electron chi connectivity index (χ4n) is 2.40. The van der Waals surface area contributed by atoms with Gasteiger partial charge in [-0.1, -0.05) is 45.0 Å². The molecule has 0 N–H and O–H groups in total. The highest BCUT2D eigenvalue weighted by Gasteiger charge is 2.18. The van der Waals surface area contributed by atoms with Crippen LogP contribution in [0.3, 0.4) is 0 Å². The Hall–Kier alpha value is -2.09. The molecule has 0 atom stereocenters. The summed E-state index contributed by atoms with van der Waals surface area (Å²) in [5.41, 5.74) is 2.80. The fourth-order valence-corrected chi connectivity index (χ4v) is 2.40. The van der Waals surface area contributed by atoms with Crippen molar-refractivity contribution in [3.63, 3.8) is 0 Å². The molecule has 2 aromatic rings. The molecule has 0 fully saturated rings. The third kappa shape index (κ3) is 4.22. The van der Waals surface area contributed by atoms with E-state index in [9.17, 15) is 4.79 Å². The number of hydrogen-bond donors (Lipinski definition) is 0. The van der Waals surface area contributed by atoms with Gasteiger partial charge in [-0.25, -0.2) is 0 Å². The Labute approximate surface area is 139 Å². The fraction of sp³-hybridized carbons (Fsp3) is 0.381. The average Bonchev–Trinajstić information content (AvgIpc) is 2.54. The number of ketones is 1. The zero-order valence-electron chi connectivity index (χ0n) is 14.7. The minimum Gasteiger partial charge on any atom is -0.491 e. The van der Waals surface area contributed by atoms with E-state index in [0.717, 1.165) is 17.7 Å². The van der Waals surface area contributed by atoms with Crippen molar-refractivity contribution in [2.24, 2.45) is 0 Å². The van der Waals surface area contributed by atoms with Crippen molar-refractivity contribution in [2.45, 2.75) is 52.6 Å². The Balaban J connectivity index is 2.17. The molecule has 0 aromatic heterocycles. The molecule has 0 saturated heterocycles. The molecule has 0 spiro atoms. The lowest BCUT2D eigenvalue weighted by atomic mass is 9.82. The number of hydrogen-bond acceptors (Lipinski definition) is 2. The van der Waals surface area contributed by atoms with Gasteiger partial charge in [0.05, 0.1) is 6.10 Å². The molecule has 2 nitrogen and oxygen atoms in total. The van der Waals surface area contributed by atoms with Crippen LogP contribution in [0, 0.1) is 0 Å². The maximum atomic E-state index is 12.6. The molecule has 0 radical (unpaired) electrons. The molecule has 0 aliphatic heterocycles. The van der Waals surface area contributed by atoms with Crippen molar-refractivity contribution >= 4 is 5.78 Å². The maximum absolute atomic E-state index is 12.6. The van der Waals surface area contributed by atoms with E-state index >= 15 is 0 Å². The van der Waals surface area contributed by atoms with Crippen molar-refractivity contribution in [1.82, 2.24) is 0 Å². The van der Waals surface area contributed by atoms with E-state index in [4.69, 9.17) is 4.74 Å². The Bertz CT molecular complexity index is 649. The molecule has 0 amide bonds. The molecule has 0 aliphatic carbocycles. The molecule has 2 rings (SSSR count). The van der Waals surface area contributed by atoms with Crippen LogP contribution >= 0.6 is 0 Å². The Morgan fingerprint density at radius 3 is 1.87 bits per heavy atom. The first-order valence-electron chi connectivity index (χ1n) is 8.25. The molecule has 2 aromatic carbocycles. The van der Waals surface area contributed by atoms with Crippen LogP contribution < -0.4 is 4.74 Å². The number of carbonyl (C=O) groups excluding carboxylic acids is 1. The maximum Gasteiger partial charge on any atom is 0.193 e. The summed E-state index contributed by atoms with van der Waals surface area (Å²) >= 11 is 0. The van der Waals surface area contributed by atoms with Crippen LogP contribution in [-0.2, 0) is 5.41 Å². The van der Waals surface area contributed by atoms with Crippen molar-refractivity contribution < 1.29 is 9.53 Å². The van der Waals surface area contributed by atoms with Crippen LogP contribution in [0.25, 0.3) is 0 Å². The second-order valence-electron chi connectivity index (χ2n) is 6.83. The molecule has 0 saturated carbocycles. The minimum absolute atomic E-state index is 0.0435. The lowest BCUT2D eigenvalue weighted by molar-refractivity contribution is 0.103. The summed E-state index contributed by atoms with van der Waals surface area (Å²) in [7, 11) is 0. The van der Waals surface area contributed by atoms with Gasteiger partial charge in [0.25, 0.3) is 0 Å². The van der Waals surface area contributed by atoms with E-state index in [1.54, 1.807) is 0 Å². The summed E-state index contributed by atoms with van der Waals surface area (Å²) in [6.07, 6.45) is 1.20. The first kappa shape index (κ1) is 17.3. The standard InChI is InChI=1S/C21H26O2/c1-6-21(4,5)18-11-7-16(8-12-18)20(22)17-9-13-19(14-10-17)23-15(2)3/h7-15H,6H2,1-5H3. The van der Waals surface area contributed by atoms with Crippen molar-refractivity contribution in [1.29, 1.82) is 0 Å². The molecule has 0 unspecified atom stereocenters. The van der Waals surface area contributed by atoms with Gasteiger partial charge in [-0.05, 0) is 55.5 Å². The number of carbonyl (C=O) groups is 1. The van der Waals surface area contributed by atoms with Gasteiger partial charge >= 0.3 is 0 Å². The van der Waals surface area contributed by atoms with Gasteiger partial charge in [0.2, 0.25) is 0 Å². The van der Waals surface area contributed by atoms with Crippen LogP contribution in [-0.4, -0.2) is 11.9 Å². The van der Waals surface area contributed by atoms with E-state index in [1.165, 1.54) is 5.56 Å². The third-order valence-electron chi connectivity index (χ3n) is 4.30. The average molecular weight is 310 g/mol. The molecule has 0 heterocycles. The van der Waals surface area contributed by atoms with Gasteiger partial charge in [-0.2, -0.15) is 0 Å². The summed E-state index contributed by atoms with van der Waals surface area (Å²) < 4.78 is 5.61. The first-order valence-corrected chi connectivity index (χ1v) is 8.25. The summed E-state index contributed by atoms with van der Waals surface area (Å²) in [5, 5.41) is 0. The van der Waals surface area contributed by atoms with Crippen LogP contribution in [0.4, 0.5) is 0 Å². The molecule has 2 heteroatoms. The van der Waals surface area contributed by atoms with Crippen molar-refractivity contribution in [3.05, 3.63) is 65.2 Å². The second kappa shape index (κ2) is 6.99. The monoisotopic (exact) mass is 310 g/mol. The van der Waals surface area contributed by atoms with E-state index < -0.39 is 0 Å². The lowest BCUT2D eigenvalue weighted by Gasteiger charge is -2.23. The number of benzene rings is 2. The largest absolute Gasteiger partial charge is 0.491 e. The number of rotatable bonds is 6. The number of ether oxygens (including phenoxy) is 1. The summed E-state index contributed by atoms with van der Waals surface area (Å²) in [4.78, 5) is 12.6. The van der Waals surface area contributed by atoms with Gasteiger partial charge in [-0.3, -0.25) is 4.79 Å². The highest BCUT2D eigenvalue weighted by Crippen LogP contribution is 2.27. The van der Waals surface area contributed by atoms with Gasteiger partial charge in [0, 0.05) is 11.1 Å². The first-order chi connectivity index (χ1) is 10.8. The Kier molecular flexibility index (Phi) is 5.25. The van der Waals surface area contributed by atoms with E-state index in [-0.39, 0.29) is 17.3 Å². The van der Waals surface area contributed by atoms with E-state index in [2.05, 4.69) is 32.9 Å². The predicted octanol–water partition coefficient (Wildman–Crippen LogP) is 5.39. The van der Waals surface area contributed by atoms with E-state index in [1.807, 2.05) is 50.2 Å². The topological polar surface area (TPSA) is 26.3 Å².